The number of aliphatic imine (C=N–C) groups is 1. The number of carboxylic acid groups (broad SMARTS) is 1. The summed E-state index contributed by atoms with van der Waals surface area (Å²) < 4.78 is 0. The number of halogens is 1. The van der Waals surface area contributed by atoms with E-state index in [0.717, 1.165) is 0 Å². The molecule has 56 valence electrons. The molecule has 0 fully saturated rings. The van der Waals surface area contributed by atoms with Crippen LogP contribution in [0.25, 0.3) is 0 Å². The molecule has 1 aliphatic rings. The number of carboxylic acids is 1. The molecule has 1 aliphatic heterocycles. The minimum absolute atomic E-state index is 0. The maximum atomic E-state index is 10.2. The van der Waals surface area contributed by atoms with Crippen LogP contribution in [-0.4, -0.2) is 23.3 Å². The molecule has 0 bridgehead atoms. The molecule has 1 atom stereocenters. The van der Waals surface area contributed by atoms with Gasteiger partial charge in [-0.15, -0.1) is 12.4 Å². The molecule has 1 rings (SSSR count). The van der Waals surface area contributed by atoms with Gasteiger partial charge in [0.25, 0.3) is 0 Å². The second-order valence-corrected chi connectivity index (χ2v) is 1.60. The average Bonchev–Trinajstić information content (AvgIpc) is 1.90. The first kappa shape index (κ1) is 8.97. The van der Waals surface area contributed by atoms with Crippen LogP contribution < -0.4 is 5.32 Å². The van der Waals surface area contributed by atoms with Gasteiger partial charge in [-0.3, -0.25) is 4.99 Å². The van der Waals surface area contributed by atoms with Crippen LogP contribution in [0, 0.1) is 0 Å². The lowest BCUT2D eigenvalue weighted by atomic mass is 10.3. The number of carbonyl (C=O) groups is 1. The van der Waals surface area contributed by atoms with Gasteiger partial charge in [0.2, 0.25) is 0 Å². The number of nitrogens with one attached hydrogen (secondary N) is 1. The molecule has 0 radical (unpaired) electrons. The maximum absolute atomic E-state index is 10.2. The maximum Gasteiger partial charge on any atom is 0.331 e. The molecule has 10 heavy (non-hydrogen) atoms. The second-order valence-electron chi connectivity index (χ2n) is 1.60. The lowest BCUT2D eigenvalue weighted by molar-refractivity contribution is -0.137. The van der Waals surface area contributed by atoms with Crippen LogP contribution in [0.2, 0.25) is 0 Å². The van der Waals surface area contributed by atoms with E-state index < -0.39 is 12.0 Å². The molecule has 0 aromatic carbocycles. The topological polar surface area (TPSA) is 61.7 Å². The van der Waals surface area contributed by atoms with Crippen molar-refractivity contribution < 1.29 is 9.90 Å². The van der Waals surface area contributed by atoms with Gasteiger partial charge in [-0.1, -0.05) is 0 Å². The van der Waals surface area contributed by atoms with Crippen LogP contribution in [0.3, 0.4) is 0 Å². The minimum atomic E-state index is -0.914. The Balaban J connectivity index is 0.000000810. The van der Waals surface area contributed by atoms with E-state index >= 15 is 0 Å². The molecule has 1 heterocycles. The van der Waals surface area contributed by atoms with E-state index in [1.54, 1.807) is 0 Å². The predicted octanol–water partition coefficient (Wildman–Crippen LogP) is 0.00660. The molecule has 0 saturated heterocycles. The Bertz CT molecular complexity index is 178. The third-order valence-corrected chi connectivity index (χ3v) is 0.938. The van der Waals surface area contributed by atoms with Crippen molar-refractivity contribution in [3.63, 3.8) is 0 Å². The highest BCUT2D eigenvalue weighted by molar-refractivity contribution is 5.93. The van der Waals surface area contributed by atoms with Crippen molar-refractivity contribution in [2.24, 2.45) is 4.99 Å². The summed E-state index contributed by atoms with van der Waals surface area (Å²) in [5, 5.41) is 10.9. The first-order valence-corrected chi connectivity index (χ1v) is 2.48. The number of hydrogen-bond donors (Lipinski definition) is 2. The van der Waals surface area contributed by atoms with E-state index in [9.17, 15) is 4.79 Å². The predicted molar refractivity (Wildman–Crippen MR) is 39.4 cm³/mol. The van der Waals surface area contributed by atoms with Crippen LogP contribution in [0.4, 0.5) is 0 Å². The highest BCUT2D eigenvalue weighted by Gasteiger charge is 2.12. The molecule has 0 aliphatic carbocycles. The second kappa shape index (κ2) is 3.90. The Labute approximate surface area is 64.1 Å². The minimum Gasteiger partial charge on any atom is -0.479 e. The van der Waals surface area contributed by atoms with E-state index in [1.165, 1.54) is 18.6 Å². The van der Waals surface area contributed by atoms with Crippen molar-refractivity contribution in [3.05, 3.63) is 12.4 Å². The Hall–Kier alpha value is -1.03. The molecule has 0 aromatic rings. The summed E-state index contributed by atoms with van der Waals surface area (Å²) in [5.74, 6) is -0.914. The fraction of sp³-hybridized carbons (Fsp3) is 0.200. The van der Waals surface area contributed by atoms with Crippen LogP contribution >= 0.6 is 12.4 Å². The molecule has 0 spiro atoms. The fourth-order valence-corrected chi connectivity index (χ4v) is 0.504. The summed E-state index contributed by atoms with van der Waals surface area (Å²) in [5.41, 5.74) is 0. The van der Waals surface area contributed by atoms with Gasteiger partial charge < -0.3 is 10.4 Å². The SMILES string of the molecule is Cl.O=C(O)C1C=NC=CN1. The number of hydrogen-bond acceptors (Lipinski definition) is 3. The first-order chi connectivity index (χ1) is 4.30. The van der Waals surface area contributed by atoms with Gasteiger partial charge in [0.1, 0.15) is 0 Å². The van der Waals surface area contributed by atoms with Gasteiger partial charge in [0.15, 0.2) is 6.04 Å². The summed E-state index contributed by atoms with van der Waals surface area (Å²) in [6.07, 6.45) is 4.33. The number of nitrogens with zero attached hydrogens (tertiary/aromatic N) is 1. The monoisotopic (exact) mass is 162 g/mol. The third kappa shape index (κ3) is 2.06. The zero-order valence-corrected chi connectivity index (χ0v) is 5.84. The zero-order valence-electron chi connectivity index (χ0n) is 5.02. The van der Waals surface area contributed by atoms with Gasteiger partial charge in [-0.05, 0) is 0 Å². The normalized spacial score (nSPS) is 21.0. The summed E-state index contributed by atoms with van der Waals surface area (Å²) in [6.45, 7) is 0. The summed E-state index contributed by atoms with van der Waals surface area (Å²) in [4.78, 5) is 13.8. The van der Waals surface area contributed by atoms with Gasteiger partial charge >= 0.3 is 5.97 Å². The van der Waals surface area contributed by atoms with Crippen LogP contribution in [0.15, 0.2) is 17.4 Å². The molecular weight excluding hydrogens is 156 g/mol. The first-order valence-electron chi connectivity index (χ1n) is 2.48. The van der Waals surface area contributed by atoms with Crippen LogP contribution in [0.5, 0.6) is 0 Å². The van der Waals surface area contributed by atoms with E-state index in [1.807, 2.05) is 0 Å². The highest BCUT2D eigenvalue weighted by atomic mass is 35.5. The zero-order chi connectivity index (χ0) is 6.69. The van der Waals surface area contributed by atoms with Crippen molar-refractivity contribution in [1.29, 1.82) is 0 Å². The van der Waals surface area contributed by atoms with Gasteiger partial charge in [-0.25, -0.2) is 4.79 Å². The van der Waals surface area contributed by atoms with Gasteiger partial charge in [0.05, 0.1) is 0 Å². The molecule has 5 heteroatoms. The Kier molecular flexibility index (Phi) is 3.49. The standard InChI is InChI=1S/C5H6N2O2.ClH/c8-5(9)4-3-6-1-2-7-4;/h1-4,7H,(H,8,9);1H. The van der Waals surface area contributed by atoms with Gasteiger partial charge in [-0.2, -0.15) is 0 Å². The molecule has 4 nitrogen and oxygen atoms in total. The summed E-state index contributed by atoms with van der Waals surface area (Å²) in [7, 11) is 0. The average molecular weight is 163 g/mol. The van der Waals surface area contributed by atoms with Crippen LogP contribution in [-0.2, 0) is 4.79 Å². The lowest BCUT2D eigenvalue weighted by Gasteiger charge is -2.07. The quantitative estimate of drug-likeness (QED) is 0.571. The molecule has 0 aromatic heterocycles. The molecule has 2 N–H and O–H groups in total. The Morgan fingerprint density at radius 3 is 2.70 bits per heavy atom. The van der Waals surface area contributed by atoms with E-state index in [0.29, 0.717) is 0 Å². The van der Waals surface area contributed by atoms with E-state index in [2.05, 4.69) is 10.3 Å². The van der Waals surface area contributed by atoms with Gasteiger partial charge in [0, 0.05) is 18.6 Å². The molecule has 0 saturated carbocycles. The Morgan fingerprint density at radius 2 is 2.40 bits per heavy atom. The summed E-state index contributed by atoms with van der Waals surface area (Å²) >= 11 is 0. The Morgan fingerprint density at radius 1 is 1.70 bits per heavy atom. The number of rotatable bonds is 1. The van der Waals surface area contributed by atoms with Crippen molar-refractivity contribution in [2.75, 3.05) is 0 Å². The van der Waals surface area contributed by atoms with Crippen LogP contribution in [0.1, 0.15) is 0 Å². The number of aliphatic carboxylic acids is 1. The highest BCUT2D eigenvalue weighted by Crippen LogP contribution is 1.86. The van der Waals surface area contributed by atoms with E-state index in [-0.39, 0.29) is 12.4 Å². The smallest absolute Gasteiger partial charge is 0.331 e. The molecule has 0 amide bonds. The van der Waals surface area contributed by atoms with Crippen molar-refractivity contribution >= 4 is 24.6 Å². The largest absolute Gasteiger partial charge is 0.479 e. The fourth-order valence-electron chi connectivity index (χ4n) is 0.504. The lowest BCUT2D eigenvalue weighted by Crippen LogP contribution is -2.35. The van der Waals surface area contributed by atoms with Crippen molar-refractivity contribution in [3.8, 4) is 0 Å². The van der Waals surface area contributed by atoms with Crippen molar-refractivity contribution in [1.82, 2.24) is 5.32 Å². The molecular formula is C5H7ClN2O2. The van der Waals surface area contributed by atoms with E-state index in [4.69, 9.17) is 5.11 Å². The summed E-state index contributed by atoms with van der Waals surface area (Å²) in [6, 6.07) is -0.657. The van der Waals surface area contributed by atoms with Crippen molar-refractivity contribution in [2.45, 2.75) is 6.04 Å². The molecule has 1 unspecified atom stereocenters. The third-order valence-electron chi connectivity index (χ3n) is 0.938.